The predicted octanol–water partition coefficient (Wildman–Crippen LogP) is 1.21. The van der Waals surface area contributed by atoms with Crippen molar-refractivity contribution < 1.29 is 5.11 Å². The van der Waals surface area contributed by atoms with Crippen molar-refractivity contribution in [2.75, 3.05) is 6.26 Å². The first-order chi connectivity index (χ1) is 8.20. The summed E-state index contributed by atoms with van der Waals surface area (Å²) in [6.45, 7) is 0. The van der Waals surface area contributed by atoms with E-state index in [2.05, 4.69) is 15.4 Å². The van der Waals surface area contributed by atoms with E-state index in [0.717, 1.165) is 10.5 Å². The zero-order valence-electron chi connectivity index (χ0n) is 9.74. The molecule has 0 spiro atoms. The summed E-state index contributed by atoms with van der Waals surface area (Å²) in [6, 6.07) is 7.80. The molecule has 0 bridgehead atoms. The minimum atomic E-state index is -0.595. The van der Waals surface area contributed by atoms with Gasteiger partial charge in [-0.2, -0.15) is 4.80 Å². The van der Waals surface area contributed by atoms with E-state index in [0.29, 0.717) is 12.2 Å². The summed E-state index contributed by atoms with van der Waals surface area (Å²) < 4.78 is 0. The number of nitrogens with zero attached hydrogens (tertiary/aromatic N) is 4. The Morgan fingerprint density at radius 1 is 1.41 bits per heavy atom. The van der Waals surface area contributed by atoms with Gasteiger partial charge in [0.15, 0.2) is 5.82 Å². The maximum absolute atomic E-state index is 10.2. The second kappa shape index (κ2) is 5.29. The highest BCUT2D eigenvalue weighted by Crippen LogP contribution is 2.27. The normalized spacial score (nSPS) is 12.6. The van der Waals surface area contributed by atoms with E-state index in [1.165, 1.54) is 4.80 Å². The Morgan fingerprint density at radius 2 is 2.18 bits per heavy atom. The molecule has 1 aromatic heterocycles. The molecule has 0 saturated heterocycles. The monoisotopic (exact) mass is 250 g/mol. The molecule has 1 aromatic carbocycles. The van der Waals surface area contributed by atoms with E-state index in [1.807, 2.05) is 30.5 Å². The first-order valence-electron chi connectivity index (χ1n) is 5.24. The molecular formula is C11H14N4OS. The third-order valence-corrected chi connectivity index (χ3v) is 3.24. The second-order valence-electron chi connectivity index (χ2n) is 3.66. The van der Waals surface area contributed by atoms with Crippen LogP contribution in [0.4, 0.5) is 0 Å². The van der Waals surface area contributed by atoms with Crippen molar-refractivity contribution >= 4 is 11.8 Å². The number of aliphatic hydroxyl groups excluding tert-OH is 1. The van der Waals surface area contributed by atoms with Gasteiger partial charge in [0, 0.05) is 11.3 Å². The molecule has 0 aliphatic carbocycles. The Labute approximate surface area is 104 Å². The fraction of sp³-hybridized carbons (Fsp3) is 0.364. The first-order valence-corrected chi connectivity index (χ1v) is 6.47. The SMILES string of the molecule is CSc1ccccc1C(O)Cc1nnn(C)n1. The molecular weight excluding hydrogens is 236 g/mol. The van der Waals surface area contributed by atoms with Crippen molar-refractivity contribution in [1.29, 1.82) is 0 Å². The van der Waals surface area contributed by atoms with E-state index in [-0.39, 0.29) is 0 Å². The van der Waals surface area contributed by atoms with Crippen molar-refractivity contribution in [3.8, 4) is 0 Å². The zero-order chi connectivity index (χ0) is 12.3. The molecule has 0 fully saturated rings. The molecule has 0 amide bonds. The van der Waals surface area contributed by atoms with Gasteiger partial charge in [0.1, 0.15) is 0 Å². The highest BCUT2D eigenvalue weighted by atomic mass is 32.2. The number of aliphatic hydroxyl groups is 1. The summed E-state index contributed by atoms with van der Waals surface area (Å²) in [6.07, 6.45) is 1.78. The standard InChI is InChI=1S/C11H14N4OS/c1-15-13-11(12-14-15)7-9(16)8-5-3-4-6-10(8)17-2/h3-6,9,16H,7H2,1-2H3. The lowest BCUT2D eigenvalue weighted by atomic mass is 10.1. The molecule has 1 unspecified atom stereocenters. The van der Waals surface area contributed by atoms with Crippen LogP contribution in [0.3, 0.4) is 0 Å². The van der Waals surface area contributed by atoms with Gasteiger partial charge in [-0.15, -0.1) is 22.0 Å². The predicted molar refractivity (Wildman–Crippen MR) is 65.7 cm³/mol. The highest BCUT2D eigenvalue weighted by molar-refractivity contribution is 7.98. The minimum absolute atomic E-state index is 0.380. The number of aryl methyl sites for hydroxylation is 1. The molecule has 0 saturated carbocycles. The zero-order valence-corrected chi connectivity index (χ0v) is 10.6. The van der Waals surface area contributed by atoms with E-state index in [1.54, 1.807) is 18.8 Å². The van der Waals surface area contributed by atoms with Gasteiger partial charge in [-0.25, -0.2) is 0 Å². The number of aromatic nitrogens is 4. The third-order valence-electron chi connectivity index (χ3n) is 2.42. The van der Waals surface area contributed by atoms with E-state index in [4.69, 9.17) is 0 Å². The van der Waals surface area contributed by atoms with E-state index >= 15 is 0 Å². The van der Waals surface area contributed by atoms with Crippen LogP contribution >= 0.6 is 11.8 Å². The van der Waals surface area contributed by atoms with Crippen molar-refractivity contribution in [3.63, 3.8) is 0 Å². The molecule has 2 aromatic rings. The summed E-state index contributed by atoms with van der Waals surface area (Å²) in [5.74, 6) is 0.552. The first kappa shape index (κ1) is 12.1. The molecule has 90 valence electrons. The number of thioether (sulfide) groups is 1. The Hall–Kier alpha value is -1.40. The maximum atomic E-state index is 10.2. The average Bonchev–Trinajstić information content (AvgIpc) is 2.74. The lowest BCUT2D eigenvalue weighted by Gasteiger charge is -2.12. The maximum Gasteiger partial charge on any atom is 0.177 e. The van der Waals surface area contributed by atoms with Gasteiger partial charge in [0.05, 0.1) is 13.2 Å². The van der Waals surface area contributed by atoms with Crippen LogP contribution in [0.5, 0.6) is 0 Å². The van der Waals surface area contributed by atoms with Crippen molar-refractivity contribution in [1.82, 2.24) is 20.2 Å². The van der Waals surface area contributed by atoms with Gasteiger partial charge in [-0.05, 0) is 23.1 Å². The summed E-state index contributed by atoms with van der Waals surface area (Å²) in [5.41, 5.74) is 0.910. The lowest BCUT2D eigenvalue weighted by molar-refractivity contribution is 0.173. The molecule has 2 rings (SSSR count). The van der Waals surface area contributed by atoms with E-state index in [9.17, 15) is 5.11 Å². The number of tetrazole rings is 1. The molecule has 17 heavy (non-hydrogen) atoms. The molecule has 6 heteroatoms. The fourth-order valence-corrected chi connectivity index (χ4v) is 2.28. The molecule has 0 aliphatic rings. The minimum Gasteiger partial charge on any atom is -0.388 e. The molecule has 1 atom stereocenters. The van der Waals surface area contributed by atoms with Crippen molar-refractivity contribution in [2.45, 2.75) is 17.4 Å². The molecule has 5 nitrogen and oxygen atoms in total. The van der Waals surface area contributed by atoms with Crippen LogP contribution in [-0.2, 0) is 13.5 Å². The fourth-order valence-electron chi connectivity index (χ4n) is 1.63. The van der Waals surface area contributed by atoms with Crippen LogP contribution in [0.15, 0.2) is 29.2 Å². The Morgan fingerprint density at radius 3 is 2.82 bits per heavy atom. The van der Waals surface area contributed by atoms with Crippen molar-refractivity contribution in [2.24, 2.45) is 7.05 Å². The summed E-state index contributed by atoms with van der Waals surface area (Å²) in [4.78, 5) is 2.46. The van der Waals surface area contributed by atoms with Crippen LogP contribution in [0.25, 0.3) is 0 Å². The highest BCUT2D eigenvalue weighted by Gasteiger charge is 2.14. The molecule has 1 heterocycles. The van der Waals surface area contributed by atoms with Crippen LogP contribution in [0.2, 0.25) is 0 Å². The summed E-state index contributed by atoms with van der Waals surface area (Å²) in [7, 11) is 1.71. The number of benzene rings is 1. The van der Waals surface area contributed by atoms with Crippen LogP contribution < -0.4 is 0 Å². The van der Waals surface area contributed by atoms with Crippen LogP contribution in [-0.4, -0.2) is 31.6 Å². The Bertz CT molecular complexity index is 500. The Kier molecular flexibility index (Phi) is 3.75. The number of hydrogen-bond acceptors (Lipinski definition) is 5. The van der Waals surface area contributed by atoms with Crippen LogP contribution in [0, 0.1) is 0 Å². The summed E-state index contributed by atoms with van der Waals surface area (Å²) in [5, 5.41) is 21.8. The molecule has 1 N–H and O–H groups in total. The smallest absolute Gasteiger partial charge is 0.177 e. The van der Waals surface area contributed by atoms with Gasteiger partial charge in [-0.1, -0.05) is 18.2 Å². The van der Waals surface area contributed by atoms with Crippen molar-refractivity contribution in [3.05, 3.63) is 35.7 Å². The largest absolute Gasteiger partial charge is 0.388 e. The van der Waals surface area contributed by atoms with Gasteiger partial charge in [-0.3, -0.25) is 0 Å². The van der Waals surface area contributed by atoms with Gasteiger partial charge in [0.2, 0.25) is 0 Å². The topological polar surface area (TPSA) is 63.8 Å². The third kappa shape index (κ3) is 2.83. The van der Waals surface area contributed by atoms with Gasteiger partial charge >= 0.3 is 0 Å². The second-order valence-corrected chi connectivity index (χ2v) is 4.51. The summed E-state index contributed by atoms with van der Waals surface area (Å²) >= 11 is 1.62. The number of rotatable bonds is 4. The van der Waals surface area contributed by atoms with E-state index < -0.39 is 6.10 Å². The van der Waals surface area contributed by atoms with Gasteiger partial charge < -0.3 is 5.11 Å². The Balaban J connectivity index is 2.16. The number of hydrogen-bond donors (Lipinski definition) is 1. The van der Waals surface area contributed by atoms with Gasteiger partial charge in [0.25, 0.3) is 0 Å². The quantitative estimate of drug-likeness (QED) is 0.826. The average molecular weight is 250 g/mol. The lowest BCUT2D eigenvalue weighted by Crippen LogP contribution is -2.05. The molecule has 0 radical (unpaired) electrons. The van der Waals surface area contributed by atoms with Crippen LogP contribution in [0.1, 0.15) is 17.5 Å². The molecule has 0 aliphatic heterocycles.